The number of nitrogens with zero attached hydrogens (tertiary/aromatic N) is 2. The Balaban J connectivity index is 1.68. The molecule has 0 bridgehead atoms. The number of halogens is 1. The summed E-state index contributed by atoms with van der Waals surface area (Å²) in [5, 5.41) is 7.78. The van der Waals surface area contributed by atoms with Gasteiger partial charge >= 0.3 is 0 Å². The van der Waals surface area contributed by atoms with E-state index in [-0.39, 0.29) is 18.3 Å². The van der Waals surface area contributed by atoms with Crippen molar-refractivity contribution in [1.29, 1.82) is 0 Å². The summed E-state index contributed by atoms with van der Waals surface area (Å²) < 4.78 is 16.9. The van der Waals surface area contributed by atoms with Crippen LogP contribution in [-0.2, 0) is 6.61 Å². The van der Waals surface area contributed by atoms with Crippen LogP contribution < -0.4 is 4.74 Å². The standard InChI is InChI=1S/C15H11BrN2O4/c1-9(19)10-3-2-4-11(7-10)20-8-14-17-18-15(22-14)12-5-6-13(16)21-12/h2-7H,8H2,1H3. The van der Waals surface area contributed by atoms with E-state index in [1.807, 2.05) is 0 Å². The van der Waals surface area contributed by atoms with E-state index in [0.29, 0.717) is 27.6 Å². The lowest BCUT2D eigenvalue weighted by atomic mass is 10.1. The van der Waals surface area contributed by atoms with E-state index in [9.17, 15) is 4.79 Å². The Labute approximate surface area is 134 Å². The summed E-state index contributed by atoms with van der Waals surface area (Å²) in [6.07, 6.45) is 0. The first-order valence-electron chi connectivity index (χ1n) is 6.44. The van der Waals surface area contributed by atoms with E-state index in [4.69, 9.17) is 13.6 Å². The summed E-state index contributed by atoms with van der Waals surface area (Å²) in [5.74, 6) is 1.61. The minimum Gasteiger partial charge on any atom is -0.484 e. The Kier molecular flexibility index (Phi) is 4.06. The number of benzene rings is 1. The fourth-order valence-electron chi connectivity index (χ4n) is 1.79. The van der Waals surface area contributed by atoms with Crippen molar-refractivity contribution in [3.05, 3.63) is 52.5 Å². The van der Waals surface area contributed by atoms with Gasteiger partial charge in [0.05, 0.1) is 0 Å². The lowest BCUT2D eigenvalue weighted by Gasteiger charge is -2.04. The van der Waals surface area contributed by atoms with Gasteiger partial charge in [-0.15, -0.1) is 10.2 Å². The van der Waals surface area contributed by atoms with Crippen molar-refractivity contribution in [3.63, 3.8) is 0 Å². The molecule has 0 N–H and O–H groups in total. The normalized spacial score (nSPS) is 10.6. The van der Waals surface area contributed by atoms with E-state index in [1.165, 1.54) is 6.92 Å². The van der Waals surface area contributed by atoms with Crippen LogP contribution in [0, 0.1) is 0 Å². The van der Waals surface area contributed by atoms with Crippen LogP contribution in [0.4, 0.5) is 0 Å². The molecule has 22 heavy (non-hydrogen) atoms. The van der Waals surface area contributed by atoms with Crippen molar-refractivity contribution >= 4 is 21.7 Å². The first-order chi connectivity index (χ1) is 10.6. The number of furan rings is 1. The Hall–Kier alpha value is -2.41. The molecule has 0 spiro atoms. The Bertz CT molecular complexity index is 809. The van der Waals surface area contributed by atoms with Gasteiger partial charge in [0, 0.05) is 5.56 Å². The lowest BCUT2D eigenvalue weighted by molar-refractivity contribution is 0.101. The summed E-state index contributed by atoms with van der Waals surface area (Å²) in [6.45, 7) is 1.61. The van der Waals surface area contributed by atoms with Gasteiger partial charge in [-0.1, -0.05) is 12.1 Å². The van der Waals surface area contributed by atoms with Gasteiger partial charge < -0.3 is 13.6 Å². The summed E-state index contributed by atoms with van der Waals surface area (Å²) >= 11 is 3.21. The van der Waals surface area contributed by atoms with Crippen molar-refractivity contribution in [3.8, 4) is 17.4 Å². The molecule has 0 radical (unpaired) electrons. The second-order valence-electron chi connectivity index (χ2n) is 4.48. The highest BCUT2D eigenvalue weighted by Crippen LogP contribution is 2.24. The zero-order valence-corrected chi connectivity index (χ0v) is 13.2. The zero-order chi connectivity index (χ0) is 15.5. The zero-order valence-electron chi connectivity index (χ0n) is 11.6. The summed E-state index contributed by atoms with van der Waals surface area (Å²) in [7, 11) is 0. The summed E-state index contributed by atoms with van der Waals surface area (Å²) in [4.78, 5) is 11.3. The minimum atomic E-state index is -0.0195. The quantitative estimate of drug-likeness (QED) is 0.641. The predicted molar refractivity (Wildman–Crippen MR) is 80.5 cm³/mol. The fourth-order valence-corrected chi connectivity index (χ4v) is 2.10. The Morgan fingerprint density at radius 1 is 1.23 bits per heavy atom. The van der Waals surface area contributed by atoms with Gasteiger partial charge in [-0.25, -0.2) is 0 Å². The molecule has 6 nitrogen and oxygen atoms in total. The molecule has 0 saturated heterocycles. The highest BCUT2D eigenvalue weighted by atomic mass is 79.9. The van der Waals surface area contributed by atoms with Gasteiger partial charge in [-0.3, -0.25) is 4.79 Å². The number of carbonyl (C=O) groups excluding carboxylic acids is 1. The van der Waals surface area contributed by atoms with Crippen LogP contribution in [0.25, 0.3) is 11.7 Å². The maximum atomic E-state index is 11.3. The van der Waals surface area contributed by atoms with Crippen molar-refractivity contribution < 1.29 is 18.4 Å². The highest BCUT2D eigenvalue weighted by Gasteiger charge is 2.12. The van der Waals surface area contributed by atoms with Crippen LogP contribution in [0.1, 0.15) is 23.2 Å². The minimum absolute atomic E-state index is 0.0195. The number of Topliss-reactive ketones (excluding diaryl/α,β-unsaturated/α-hetero) is 1. The molecule has 7 heteroatoms. The fraction of sp³-hybridized carbons (Fsp3) is 0.133. The molecule has 2 heterocycles. The molecule has 0 aliphatic carbocycles. The third kappa shape index (κ3) is 3.25. The highest BCUT2D eigenvalue weighted by molar-refractivity contribution is 9.10. The second kappa shape index (κ2) is 6.15. The van der Waals surface area contributed by atoms with Gasteiger partial charge in [0.25, 0.3) is 11.8 Å². The molecule has 3 rings (SSSR count). The van der Waals surface area contributed by atoms with Crippen LogP contribution in [0.5, 0.6) is 5.75 Å². The molecular formula is C15H11BrN2O4. The summed E-state index contributed by atoms with van der Waals surface area (Å²) in [6, 6.07) is 10.4. The molecule has 3 aromatic rings. The second-order valence-corrected chi connectivity index (χ2v) is 5.26. The molecule has 0 atom stereocenters. The molecule has 1 aromatic carbocycles. The van der Waals surface area contributed by atoms with E-state index in [2.05, 4.69) is 26.1 Å². The van der Waals surface area contributed by atoms with Crippen LogP contribution >= 0.6 is 15.9 Å². The third-order valence-electron chi connectivity index (χ3n) is 2.85. The number of carbonyl (C=O) groups is 1. The number of hydrogen-bond acceptors (Lipinski definition) is 6. The van der Waals surface area contributed by atoms with Crippen LogP contribution in [0.2, 0.25) is 0 Å². The third-order valence-corrected chi connectivity index (χ3v) is 3.28. The monoisotopic (exact) mass is 362 g/mol. The van der Waals surface area contributed by atoms with Crippen LogP contribution in [0.15, 0.2) is 49.9 Å². The first kappa shape index (κ1) is 14.5. The predicted octanol–water partition coefficient (Wildman–Crippen LogP) is 3.87. The van der Waals surface area contributed by atoms with Crippen LogP contribution in [-0.4, -0.2) is 16.0 Å². The number of ketones is 1. The summed E-state index contributed by atoms with van der Waals surface area (Å²) in [5.41, 5.74) is 0.587. The Morgan fingerprint density at radius 2 is 2.09 bits per heavy atom. The van der Waals surface area contributed by atoms with Gasteiger partial charge in [0.2, 0.25) is 0 Å². The molecule has 0 unspecified atom stereocenters. The Morgan fingerprint density at radius 3 is 2.82 bits per heavy atom. The smallest absolute Gasteiger partial charge is 0.283 e. The van der Waals surface area contributed by atoms with E-state index >= 15 is 0 Å². The SMILES string of the molecule is CC(=O)c1cccc(OCc2nnc(-c3ccc(Br)o3)o2)c1. The van der Waals surface area contributed by atoms with Crippen molar-refractivity contribution in [1.82, 2.24) is 10.2 Å². The molecular weight excluding hydrogens is 352 g/mol. The van der Waals surface area contributed by atoms with Gasteiger partial charge in [0.15, 0.2) is 22.8 Å². The van der Waals surface area contributed by atoms with Gasteiger partial charge in [-0.05, 0) is 47.1 Å². The molecule has 0 fully saturated rings. The largest absolute Gasteiger partial charge is 0.484 e. The average molecular weight is 363 g/mol. The average Bonchev–Trinajstić information content (AvgIpc) is 3.14. The molecule has 0 aliphatic heterocycles. The maximum absolute atomic E-state index is 11.3. The molecule has 0 saturated carbocycles. The lowest BCUT2D eigenvalue weighted by Crippen LogP contribution is -1.98. The molecule has 0 amide bonds. The molecule has 2 aromatic heterocycles. The van der Waals surface area contributed by atoms with Crippen molar-refractivity contribution in [2.24, 2.45) is 0 Å². The number of hydrogen-bond donors (Lipinski definition) is 0. The molecule has 0 aliphatic rings. The number of rotatable bonds is 5. The molecule has 112 valence electrons. The van der Waals surface area contributed by atoms with Gasteiger partial charge in [-0.2, -0.15) is 0 Å². The maximum Gasteiger partial charge on any atom is 0.283 e. The topological polar surface area (TPSA) is 78.4 Å². The number of ether oxygens (including phenoxy) is 1. The van der Waals surface area contributed by atoms with Gasteiger partial charge in [0.1, 0.15) is 5.75 Å². The van der Waals surface area contributed by atoms with Crippen molar-refractivity contribution in [2.45, 2.75) is 13.5 Å². The van der Waals surface area contributed by atoms with Crippen LogP contribution in [0.3, 0.4) is 0 Å². The van der Waals surface area contributed by atoms with Crippen molar-refractivity contribution in [2.75, 3.05) is 0 Å². The van der Waals surface area contributed by atoms with E-state index in [1.54, 1.807) is 36.4 Å². The number of aromatic nitrogens is 2. The van der Waals surface area contributed by atoms with E-state index < -0.39 is 0 Å². The first-order valence-corrected chi connectivity index (χ1v) is 7.23. The van der Waals surface area contributed by atoms with E-state index in [0.717, 1.165) is 0 Å².